The molecule has 0 unspecified atom stereocenters. The molecule has 0 bridgehead atoms. The van der Waals surface area contributed by atoms with Gasteiger partial charge in [-0.1, -0.05) is 33.8 Å². The van der Waals surface area contributed by atoms with Gasteiger partial charge in [-0.2, -0.15) is 0 Å². The van der Waals surface area contributed by atoms with E-state index in [1.807, 2.05) is 6.20 Å². The Labute approximate surface area is 69.2 Å². The maximum atomic E-state index is 4.36. The molecule has 1 aliphatic rings. The van der Waals surface area contributed by atoms with Crippen molar-refractivity contribution in [2.24, 2.45) is 16.3 Å². The van der Waals surface area contributed by atoms with Crippen LogP contribution < -0.4 is 0 Å². The number of aliphatic imine (C=N–C) groups is 1. The monoisotopic (exact) mass is 151 g/mol. The summed E-state index contributed by atoms with van der Waals surface area (Å²) in [5.41, 5.74) is 1.59. The minimum absolute atomic E-state index is 0.267. The molecule has 1 heterocycles. The van der Waals surface area contributed by atoms with Crippen LogP contribution in [0.25, 0.3) is 0 Å². The summed E-state index contributed by atoms with van der Waals surface area (Å²) < 4.78 is 0. The molecule has 1 heteroatoms. The van der Waals surface area contributed by atoms with Crippen LogP contribution in [-0.4, -0.2) is 5.71 Å². The standard InChI is InChI=1S/C10H17N/c1-8(2)10(3,4)9-6-5-7-11-9/h5,7-8H,6H2,1-4H3. The molecule has 0 saturated carbocycles. The quantitative estimate of drug-likeness (QED) is 0.575. The summed E-state index contributed by atoms with van der Waals surface area (Å²) >= 11 is 0. The summed E-state index contributed by atoms with van der Waals surface area (Å²) in [5, 5.41) is 0. The summed E-state index contributed by atoms with van der Waals surface area (Å²) in [4.78, 5) is 4.36. The van der Waals surface area contributed by atoms with E-state index < -0.39 is 0 Å². The minimum atomic E-state index is 0.267. The van der Waals surface area contributed by atoms with Gasteiger partial charge in [0.15, 0.2) is 0 Å². The van der Waals surface area contributed by atoms with E-state index in [4.69, 9.17) is 0 Å². The molecular formula is C10H17N. The summed E-state index contributed by atoms with van der Waals surface area (Å²) in [5.74, 6) is 0.668. The fourth-order valence-corrected chi connectivity index (χ4v) is 1.12. The lowest BCUT2D eigenvalue weighted by Gasteiger charge is -2.29. The fourth-order valence-electron chi connectivity index (χ4n) is 1.12. The van der Waals surface area contributed by atoms with Crippen LogP contribution in [0.1, 0.15) is 34.1 Å². The molecule has 0 saturated heterocycles. The van der Waals surface area contributed by atoms with Gasteiger partial charge in [0.05, 0.1) is 0 Å². The molecule has 0 fully saturated rings. The Hall–Kier alpha value is -0.590. The molecule has 1 nitrogen and oxygen atoms in total. The predicted octanol–water partition coefficient (Wildman–Crippen LogP) is 3.03. The van der Waals surface area contributed by atoms with Crippen molar-refractivity contribution >= 4 is 5.71 Å². The van der Waals surface area contributed by atoms with Crippen LogP contribution in [0.15, 0.2) is 17.3 Å². The zero-order chi connectivity index (χ0) is 8.48. The Morgan fingerprint density at radius 1 is 1.45 bits per heavy atom. The largest absolute Gasteiger partial charge is 0.265 e. The van der Waals surface area contributed by atoms with E-state index >= 15 is 0 Å². The number of rotatable bonds is 2. The van der Waals surface area contributed by atoms with Crippen LogP contribution in [-0.2, 0) is 0 Å². The van der Waals surface area contributed by atoms with Gasteiger partial charge in [0.2, 0.25) is 0 Å². The third-order valence-electron chi connectivity index (χ3n) is 2.83. The first-order chi connectivity index (χ1) is 5.05. The maximum absolute atomic E-state index is 4.36. The highest BCUT2D eigenvalue weighted by Gasteiger charge is 2.28. The van der Waals surface area contributed by atoms with Crippen molar-refractivity contribution in [3.8, 4) is 0 Å². The molecule has 62 valence electrons. The van der Waals surface area contributed by atoms with Crippen molar-refractivity contribution in [1.29, 1.82) is 0 Å². The first-order valence-electron chi connectivity index (χ1n) is 4.27. The van der Waals surface area contributed by atoms with Gasteiger partial charge in [0.1, 0.15) is 0 Å². The molecule has 0 radical (unpaired) electrons. The van der Waals surface area contributed by atoms with Gasteiger partial charge in [0, 0.05) is 23.7 Å². The number of hydrogen-bond donors (Lipinski definition) is 0. The first-order valence-corrected chi connectivity index (χ1v) is 4.27. The second-order valence-corrected chi connectivity index (χ2v) is 4.04. The van der Waals surface area contributed by atoms with Gasteiger partial charge in [-0.15, -0.1) is 0 Å². The highest BCUT2D eigenvalue weighted by Crippen LogP contribution is 2.31. The Bertz CT molecular complexity index is 197. The Kier molecular flexibility index (Phi) is 2.17. The lowest BCUT2D eigenvalue weighted by Crippen LogP contribution is -2.28. The van der Waals surface area contributed by atoms with Crippen LogP contribution >= 0.6 is 0 Å². The molecule has 0 amide bonds. The zero-order valence-electron chi connectivity index (χ0n) is 7.89. The number of nitrogens with zero attached hydrogens (tertiary/aromatic N) is 1. The SMILES string of the molecule is CC(C)C(C)(C)C1=NC=CC1. The molecule has 0 aromatic rings. The fraction of sp³-hybridized carbons (Fsp3) is 0.700. The highest BCUT2D eigenvalue weighted by molar-refractivity contribution is 5.92. The summed E-state index contributed by atoms with van der Waals surface area (Å²) in [6.07, 6.45) is 5.09. The van der Waals surface area contributed by atoms with Crippen LogP contribution in [0.3, 0.4) is 0 Å². The second-order valence-electron chi connectivity index (χ2n) is 4.04. The van der Waals surface area contributed by atoms with E-state index in [0.29, 0.717) is 5.92 Å². The maximum Gasteiger partial charge on any atom is 0.0275 e. The zero-order valence-corrected chi connectivity index (χ0v) is 7.89. The Morgan fingerprint density at radius 2 is 2.09 bits per heavy atom. The van der Waals surface area contributed by atoms with Gasteiger partial charge in [0.25, 0.3) is 0 Å². The van der Waals surface area contributed by atoms with Crippen LogP contribution in [0.4, 0.5) is 0 Å². The number of allylic oxidation sites excluding steroid dienone is 1. The summed E-state index contributed by atoms with van der Waals surface area (Å²) in [6, 6.07) is 0. The van der Waals surface area contributed by atoms with E-state index in [9.17, 15) is 0 Å². The molecule has 0 aromatic carbocycles. The third-order valence-corrected chi connectivity index (χ3v) is 2.83. The molecule has 0 spiro atoms. The average Bonchev–Trinajstić information content (AvgIpc) is 2.37. The molecule has 0 atom stereocenters. The normalized spacial score (nSPS) is 17.7. The molecule has 11 heavy (non-hydrogen) atoms. The predicted molar refractivity (Wildman–Crippen MR) is 49.8 cm³/mol. The number of hydrogen-bond acceptors (Lipinski definition) is 1. The van der Waals surface area contributed by atoms with Crippen LogP contribution in [0.5, 0.6) is 0 Å². The Morgan fingerprint density at radius 3 is 2.45 bits per heavy atom. The van der Waals surface area contributed by atoms with E-state index in [-0.39, 0.29) is 5.41 Å². The van der Waals surface area contributed by atoms with Crippen molar-refractivity contribution in [2.45, 2.75) is 34.1 Å². The van der Waals surface area contributed by atoms with Crippen molar-refractivity contribution < 1.29 is 0 Å². The van der Waals surface area contributed by atoms with Gasteiger partial charge in [-0.05, 0) is 5.92 Å². The minimum Gasteiger partial charge on any atom is -0.265 e. The second kappa shape index (κ2) is 2.80. The van der Waals surface area contributed by atoms with E-state index in [0.717, 1.165) is 6.42 Å². The topological polar surface area (TPSA) is 12.4 Å². The van der Waals surface area contributed by atoms with Crippen molar-refractivity contribution in [1.82, 2.24) is 0 Å². The van der Waals surface area contributed by atoms with E-state index in [1.54, 1.807) is 0 Å². The molecule has 0 aromatic heterocycles. The van der Waals surface area contributed by atoms with Gasteiger partial charge >= 0.3 is 0 Å². The first kappa shape index (κ1) is 8.51. The van der Waals surface area contributed by atoms with Gasteiger partial charge in [-0.25, -0.2) is 0 Å². The van der Waals surface area contributed by atoms with Crippen LogP contribution in [0, 0.1) is 11.3 Å². The smallest absolute Gasteiger partial charge is 0.0275 e. The Balaban J connectivity index is 2.73. The summed E-state index contributed by atoms with van der Waals surface area (Å²) in [6.45, 7) is 9.04. The molecule has 1 rings (SSSR count). The third kappa shape index (κ3) is 1.52. The van der Waals surface area contributed by atoms with Gasteiger partial charge < -0.3 is 0 Å². The summed E-state index contributed by atoms with van der Waals surface area (Å²) in [7, 11) is 0. The molecule has 1 aliphatic heterocycles. The lowest BCUT2D eigenvalue weighted by atomic mass is 9.76. The average molecular weight is 151 g/mol. The highest BCUT2D eigenvalue weighted by atomic mass is 14.7. The van der Waals surface area contributed by atoms with Crippen molar-refractivity contribution in [2.75, 3.05) is 0 Å². The van der Waals surface area contributed by atoms with E-state index in [2.05, 4.69) is 38.8 Å². The van der Waals surface area contributed by atoms with Crippen molar-refractivity contribution in [3.63, 3.8) is 0 Å². The molecule has 0 aliphatic carbocycles. The molecular weight excluding hydrogens is 134 g/mol. The lowest BCUT2D eigenvalue weighted by molar-refractivity contribution is 0.362. The molecule has 0 N–H and O–H groups in total. The van der Waals surface area contributed by atoms with Gasteiger partial charge in [-0.3, -0.25) is 4.99 Å². The van der Waals surface area contributed by atoms with Crippen molar-refractivity contribution in [3.05, 3.63) is 12.3 Å². The van der Waals surface area contributed by atoms with E-state index in [1.165, 1.54) is 5.71 Å². The van der Waals surface area contributed by atoms with Crippen LogP contribution in [0.2, 0.25) is 0 Å².